The number of benzene rings is 2. The summed E-state index contributed by atoms with van der Waals surface area (Å²) in [6.07, 6.45) is 0.0890. The minimum absolute atomic E-state index is 0.0890. The lowest BCUT2D eigenvalue weighted by Gasteiger charge is -2.21. The van der Waals surface area contributed by atoms with Gasteiger partial charge in [0.1, 0.15) is 11.3 Å². The maximum absolute atomic E-state index is 13.2. The van der Waals surface area contributed by atoms with Crippen molar-refractivity contribution in [3.8, 4) is 5.75 Å². The number of primary amides is 1. The SMILES string of the molecule is COc1ccc2oc(C(=O)N(CCC(N)=O)Cc3ccccc3)c(C)c2c1. The van der Waals surface area contributed by atoms with E-state index in [4.69, 9.17) is 14.9 Å². The van der Waals surface area contributed by atoms with Crippen LogP contribution in [-0.4, -0.2) is 30.4 Å². The maximum Gasteiger partial charge on any atom is 0.290 e. The number of ether oxygens (including phenoxy) is 1. The first-order valence-corrected chi connectivity index (χ1v) is 8.68. The molecule has 2 N–H and O–H groups in total. The van der Waals surface area contributed by atoms with Gasteiger partial charge >= 0.3 is 0 Å². The Balaban J connectivity index is 1.93. The van der Waals surface area contributed by atoms with Crippen LogP contribution in [0.3, 0.4) is 0 Å². The van der Waals surface area contributed by atoms with E-state index >= 15 is 0 Å². The summed E-state index contributed by atoms with van der Waals surface area (Å²) in [5, 5.41) is 0.826. The zero-order valence-corrected chi connectivity index (χ0v) is 15.4. The average molecular weight is 366 g/mol. The molecule has 0 aliphatic heterocycles. The van der Waals surface area contributed by atoms with Crippen molar-refractivity contribution in [2.75, 3.05) is 13.7 Å². The molecule has 2 amide bonds. The lowest BCUT2D eigenvalue weighted by atomic mass is 10.1. The molecular weight excluding hydrogens is 344 g/mol. The first-order chi connectivity index (χ1) is 13.0. The van der Waals surface area contributed by atoms with Gasteiger partial charge in [-0.25, -0.2) is 0 Å². The van der Waals surface area contributed by atoms with Gasteiger partial charge in [-0.3, -0.25) is 9.59 Å². The monoisotopic (exact) mass is 366 g/mol. The molecule has 1 aromatic heterocycles. The summed E-state index contributed by atoms with van der Waals surface area (Å²) < 4.78 is 11.1. The molecule has 0 spiro atoms. The van der Waals surface area contributed by atoms with Gasteiger partial charge in [0, 0.05) is 30.5 Å². The molecule has 0 bridgehead atoms. The van der Waals surface area contributed by atoms with Crippen LogP contribution in [0.15, 0.2) is 52.9 Å². The Morgan fingerprint density at radius 3 is 2.56 bits per heavy atom. The molecule has 0 atom stereocenters. The summed E-state index contributed by atoms with van der Waals surface area (Å²) in [6.45, 7) is 2.43. The van der Waals surface area contributed by atoms with E-state index in [1.54, 1.807) is 24.1 Å². The molecule has 1 heterocycles. The number of fused-ring (bicyclic) bond motifs is 1. The van der Waals surface area contributed by atoms with Crippen molar-refractivity contribution >= 4 is 22.8 Å². The van der Waals surface area contributed by atoms with Gasteiger partial charge in [-0.05, 0) is 30.7 Å². The summed E-state index contributed by atoms with van der Waals surface area (Å²) in [5.74, 6) is 0.235. The van der Waals surface area contributed by atoms with Crippen LogP contribution in [0.5, 0.6) is 5.75 Å². The lowest BCUT2D eigenvalue weighted by Crippen LogP contribution is -2.33. The van der Waals surface area contributed by atoms with E-state index in [2.05, 4.69) is 0 Å². The van der Waals surface area contributed by atoms with Crippen molar-refractivity contribution in [3.63, 3.8) is 0 Å². The Morgan fingerprint density at radius 1 is 1.15 bits per heavy atom. The second-order valence-electron chi connectivity index (χ2n) is 6.35. The fourth-order valence-corrected chi connectivity index (χ4v) is 2.98. The summed E-state index contributed by atoms with van der Waals surface area (Å²) >= 11 is 0. The van der Waals surface area contributed by atoms with Crippen molar-refractivity contribution < 1.29 is 18.7 Å². The highest BCUT2D eigenvalue weighted by Gasteiger charge is 2.24. The topological polar surface area (TPSA) is 85.8 Å². The van der Waals surface area contributed by atoms with Crippen LogP contribution in [0, 0.1) is 6.92 Å². The summed E-state index contributed by atoms with van der Waals surface area (Å²) in [5.41, 5.74) is 7.60. The molecule has 0 aliphatic carbocycles. The van der Waals surface area contributed by atoms with Gasteiger partial charge in [0.2, 0.25) is 5.91 Å². The highest BCUT2D eigenvalue weighted by atomic mass is 16.5. The van der Waals surface area contributed by atoms with Crippen LogP contribution in [0.2, 0.25) is 0 Å². The number of amides is 2. The number of nitrogens with zero attached hydrogens (tertiary/aromatic N) is 1. The van der Waals surface area contributed by atoms with Crippen molar-refractivity contribution in [3.05, 3.63) is 65.4 Å². The minimum Gasteiger partial charge on any atom is -0.497 e. The number of hydrogen-bond acceptors (Lipinski definition) is 4. The van der Waals surface area contributed by atoms with E-state index in [1.807, 2.05) is 43.3 Å². The van der Waals surface area contributed by atoms with Crippen LogP contribution < -0.4 is 10.5 Å². The molecule has 2 aromatic carbocycles. The number of carbonyl (C=O) groups excluding carboxylic acids is 2. The van der Waals surface area contributed by atoms with Crippen LogP contribution in [0.25, 0.3) is 11.0 Å². The van der Waals surface area contributed by atoms with Gasteiger partial charge in [-0.1, -0.05) is 30.3 Å². The third-order valence-electron chi connectivity index (χ3n) is 4.47. The smallest absolute Gasteiger partial charge is 0.290 e. The van der Waals surface area contributed by atoms with E-state index < -0.39 is 5.91 Å². The molecular formula is C21H22N2O4. The maximum atomic E-state index is 13.2. The molecule has 0 fully saturated rings. The summed E-state index contributed by atoms with van der Waals surface area (Å²) in [4.78, 5) is 26.0. The van der Waals surface area contributed by atoms with E-state index in [-0.39, 0.29) is 24.6 Å². The number of carbonyl (C=O) groups is 2. The number of aryl methyl sites for hydroxylation is 1. The molecule has 27 heavy (non-hydrogen) atoms. The Kier molecular flexibility index (Phi) is 5.45. The fourth-order valence-electron chi connectivity index (χ4n) is 2.98. The Morgan fingerprint density at radius 2 is 1.89 bits per heavy atom. The van der Waals surface area contributed by atoms with Gasteiger partial charge in [-0.2, -0.15) is 0 Å². The van der Waals surface area contributed by atoms with Crippen molar-refractivity contribution in [2.45, 2.75) is 19.9 Å². The number of furan rings is 1. The third-order valence-corrected chi connectivity index (χ3v) is 4.47. The van der Waals surface area contributed by atoms with E-state index in [0.29, 0.717) is 17.9 Å². The number of nitrogens with two attached hydrogens (primary N) is 1. The highest BCUT2D eigenvalue weighted by molar-refractivity contribution is 5.99. The standard InChI is InChI=1S/C21H22N2O4/c1-14-17-12-16(26-2)8-9-18(17)27-20(14)21(25)23(11-10-19(22)24)13-15-6-4-3-5-7-15/h3-9,12H,10-11,13H2,1-2H3,(H2,22,24). The zero-order chi connectivity index (χ0) is 19.4. The Bertz CT molecular complexity index is 963. The second-order valence-corrected chi connectivity index (χ2v) is 6.35. The number of hydrogen-bond donors (Lipinski definition) is 1. The molecule has 6 heteroatoms. The van der Waals surface area contributed by atoms with Gasteiger partial charge in [0.05, 0.1) is 7.11 Å². The summed E-state index contributed by atoms with van der Waals surface area (Å²) in [7, 11) is 1.59. The van der Waals surface area contributed by atoms with E-state index in [0.717, 1.165) is 16.5 Å². The van der Waals surface area contributed by atoms with E-state index in [9.17, 15) is 9.59 Å². The summed E-state index contributed by atoms with van der Waals surface area (Å²) in [6, 6.07) is 15.0. The van der Waals surface area contributed by atoms with Gasteiger partial charge in [-0.15, -0.1) is 0 Å². The molecule has 0 radical (unpaired) electrons. The van der Waals surface area contributed by atoms with E-state index in [1.165, 1.54) is 0 Å². The fraction of sp³-hybridized carbons (Fsp3) is 0.238. The van der Waals surface area contributed by atoms with Crippen molar-refractivity contribution in [2.24, 2.45) is 5.73 Å². The molecule has 0 saturated heterocycles. The Hall–Kier alpha value is -3.28. The zero-order valence-electron chi connectivity index (χ0n) is 15.4. The van der Waals surface area contributed by atoms with Gasteiger partial charge in [0.25, 0.3) is 5.91 Å². The average Bonchev–Trinajstić information content (AvgIpc) is 3.01. The van der Waals surface area contributed by atoms with Gasteiger partial charge < -0.3 is 19.8 Å². The normalized spacial score (nSPS) is 10.7. The van der Waals surface area contributed by atoms with Crippen LogP contribution in [0.4, 0.5) is 0 Å². The first-order valence-electron chi connectivity index (χ1n) is 8.68. The largest absolute Gasteiger partial charge is 0.497 e. The molecule has 0 saturated carbocycles. The molecule has 6 nitrogen and oxygen atoms in total. The third kappa shape index (κ3) is 4.11. The van der Waals surface area contributed by atoms with Crippen LogP contribution in [0.1, 0.15) is 28.1 Å². The highest BCUT2D eigenvalue weighted by Crippen LogP contribution is 2.29. The first kappa shape index (κ1) is 18.5. The molecule has 0 aliphatic rings. The van der Waals surface area contributed by atoms with Crippen LogP contribution in [-0.2, 0) is 11.3 Å². The predicted octanol–water partition coefficient (Wildman–Crippen LogP) is 3.27. The molecule has 140 valence electrons. The quantitative estimate of drug-likeness (QED) is 0.695. The Labute approximate surface area is 157 Å². The second kappa shape index (κ2) is 7.95. The van der Waals surface area contributed by atoms with Crippen LogP contribution >= 0.6 is 0 Å². The number of rotatable bonds is 7. The van der Waals surface area contributed by atoms with Crippen molar-refractivity contribution in [1.82, 2.24) is 4.90 Å². The molecule has 0 unspecified atom stereocenters. The van der Waals surface area contributed by atoms with Gasteiger partial charge in [0.15, 0.2) is 5.76 Å². The predicted molar refractivity (Wildman–Crippen MR) is 102 cm³/mol. The lowest BCUT2D eigenvalue weighted by molar-refractivity contribution is -0.118. The molecule has 3 aromatic rings. The molecule has 3 rings (SSSR count). The van der Waals surface area contributed by atoms with Crippen molar-refractivity contribution in [1.29, 1.82) is 0 Å². The number of methoxy groups -OCH3 is 1. The minimum atomic E-state index is -0.452.